The SMILES string of the molecule is CC(C)(C)OC(=O)C[C@@H](CCC[NH3+])C(=O)[O-]. The second kappa shape index (κ2) is 6.48. The van der Waals surface area contributed by atoms with Gasteiger partial charge in [-0.3, -0.25) is 4.79 Å². The minimum Gasteiger partial charge on any atom is -0.550 e. The van der Waals surface area contributed by atoms with Crippen LogP contribution in [0.25, 0.3) is 0 Å². The Labute approximate surface area is 96.0 Å². The number of carbonyl (C=O) groups excluding carboxylic acids is 2. The van der Waals surface area contributed by atoms with Crippen LogP contribution in [0.15, 0.2) is 0 Å². The molecule has 94 valence electrons. The average molecular weight is 231 g/mol. The van der Waals surface area contributed by atoms with E-state index in [4.69, 9.17) is 4.74 Å². The van der Waals surface area contributed by atoms with Gasteiger partial charge in [-0.05, 0) is 33.6 Å². The van der Waals surface area contributed by atoms with Gasteiger partial charge in [-0.2, -0.15) is 0 Å². The van der Waals surface area contributed by atoms with Crippen molar-refractivity contribution in [2.75, 3.05) is 6.54 Å². The molecule has 3 N–H and O–H groups in total. The standard InChI is InChI=1S/C11H21NO4/c1-11(2,3)16-9(13)7-8(10(14)15)5-4-6-12/h8H,4-7,12H2,1-3H3,(H,14,15)/t8-/m1/s1. The highest BCUT2D eigenvalue weighted by Gasteiger charge is 2.21. The van der Waals surface area contributed by atoms with E-state index in [0.717, 1.165) is 0 Å². The highest BCUT2D eigenvalue weighted by molar-refractivity contribution is 5.77. The third-order valence-electron chi connectivity index (χ3n) is 1.97. The van der Waals surface area contributed by atoms with Crippen LogP contribution in [0.4, 0.5) is 0 Å². The van der Waals surface area contributed by atoms with Gasteiger partial charge < -0.3 is 20.4 Å². The Hall–Kier alpha value is -1.10. The van der Waals surface area contributed by atoms with Crippen molar-refractivity contribution in [1.29, 1.82) is 0 Å². The molecule has 0 radical (unpaired) electrons. The summed E-state index contributed by atoms with van der Waals surface area (Å²) < 4.78 is 5.05. The van der Waals surface area contributed by atoms with Crippen LogP contribution >= 0.6 is 0 Å². The van der Waals surface area contributed by atoms with Gasteiger partial charge in [0.05, 0.1) is 13.0 Å². The minimum atomic E-state index is -1.20. The van der Waals surface area contributed by atoms with Crippen molar-refractivity contribution in [3.63, 3.8) is 0 Å². The number of ether oxygens (including phenoxy) is 1. The van der Waals surface area contributed by atoms with Gasteiger partial charge in [-0.1, -0.05) is 0 Å². The Morgan fingerprint density at radius 3 is 2.31 bits per heavy atom. The largest absolute Gasteiger partial charge is 0.550 e. The van der Waals surface area contributed by atoms with E-state index in [-0.39, 0.29) is 6.42 Å². The fourth-order valence-electron chi connectivity index (χ4n) is 1.28. The lowest BCUT2D eigenvalue weighted by Crippen LogP contribution is -2.50. The molecule has 0 bridgehead atoms. The lowest BCUT2D eigenvalue weighted by molar-refractivity contribution is -0.369. The molecule has 0 heterocycles. The summed E-state index contributed by atoms with van der Waals surface area (Å²) in [5.74, 6) is -2.46. The number of carboxylic acids is 1. The van der Waals surface area contributed by atoms with Crippen LogP contribution in [-0.2, 0) is 14.3 Å². The number of quaternary nitrogens is 1. The van der Waals surface area contributed by atoms with Crippen LogP contribution in [0.3, 0.4) is 0 Å². The molecule has 0 aliphatic rings. The van der Waals surface area contributed by atoms with Gasteiger partial charge in [0, 0.05) is 11.9 Å². The molecule has 1 atom stereocenters. The highest BCUT2D eigenvalue weighted by atomic mass is 16.6. The monoisotopic (exact) mass is 231 g/mol. The molecular weight excluding hydrogens is 210 g/mol. The zero-order chi connectivity index (χ0) is 12.8. The summed E-state index contributed by atoms with van der Waals surface area (Å²) in [6.45, 7) is 5.89. The first-order chi connectivity index (χ1) is 7.26. The molecule has 0 fully saturated rings. The van der Waals surface area contributed by atoms with Gasteiger partial charge in [-0.15, -0.1) is 0 Å². The normalized spacial score (nSPS) is 13.2. The number of carbonyl (C=O) groups is 2. The molecule has 0 amide bonds. The van der Waals surface area contributed by atoms with Gasteiger partial charge in [-0.25, -0.2) is 0 Å². The summed E-state index contributed by atoms with van der Waals surface area (Å²) in [6, 6.07) is 0. The van der Waals surface area contributed by atoms with Crippen molar-refractivity contribution in [2.45, 2.75) is 45.6 Å². The minimum absolute atomic E-state index is 0.125. The Balaban J connectivity index is 4.19. The Morgan fingerprint density at radius 1 is 1.38 bits per heavy atom. The Kier molecular flexibility index (Phi) is 6.03. The molecule has 0 rings (SSSR count). The molecule has 0 aliphatic carbocycles. The maximum Gasteiger partial charge on any atom is 0.306 e. The van der Waals surface area contributed by atoms with Crippen molar-refractivity contribution in [3.05, 3.63) is 0 Å². The summed E-state index contributed by atoms with van der Waals surface area (Å²) >= 11 is 0. The van der Waals surface area contributed by atoms with Crippen LogP contribution < -0.4 is 10.8 Å². The van der Waals surface area contributed by atoms with E-state index in [1.165, 1.54) is 0 Å². The number of hydrogen-bond acceptors (Lipinski definition) is 4. The predicted molar refractivity (Wildman–Crippen MR) is 55.9 cm³/mol. The van der Waals surface area contributed by atoms with E-state index >= 15 is 0 Å². The lowest BCUT2D eigenvalue weighted by atomic mass is 9.99. The Bertz CT molecular complexity index is 245. The van der Waals surface area contributed by atoms with Crippen LogP contribution in [0.5, 0.6) is 0 Å². The van der Waals surface area contributed by atoms with Gasteiger partial charge in [0.15, 0.2) is 0 Å². The lowest BCUT2D eigenvalue weighted by Gasteiger charge is -2.22. The Morgan fingerprint density at radius 2 is 1.94 bits per heavy atom. The summed E-state index contributed by atoms with van der Waals surface area (Å²) in [6.07, 6.45) is 0.951. The zero-order valence-electron chi connectivity index (χ0n) is 10.2. The molecule has 0 aliphatic heterocycles. The van der Waals surface area contributed by atoms with Crippen LogP contribution in [-0.4, -0.2) is 24.1 Å². The van der Waals surface area contributed by atoms with Crippen molar-refractivity contribution >= 4 is 11.9 Å². The van der Waals surface area contributed by atoms with E-state index in [2.05, 4.69) is 5.73 Å². The summed E-state index contributed by atoms with van der Waals surface area (Å²) in [5, 5.41) is 10.8. The van der Waals surface area contributed by atoms with Crippen LogP contribution in [0.2, 0.25) is 0 Å². The molecule has 0 aromatic rings. The first-order valence-electron chi connectivity index (χ1n) is 5.48. The van der Waals surface area contributed by atoms with E-state index in [9.17, 15) is 14.7 Å². The number of hydrogen-bond donors (Lipinski definition) is 1. The summed E-state index contributed by atoms with van der Waals surface area (Å²) in [5.41, 5.74) is 3.04. The van der Waals surface area contributed by atoms with Gasteiger partial charge >= 0.3 is 5.97 Å². The summed E-state index contributed by atoms with van der Waals surface area (Å²) in [7, 11) is 0. The number of carboxylic acid groups (broad SMARTS) is 1. The molecule has 16 heavy (non-hydrogen) atoms. The maximum atomic E-state index is 11.4. The molecule has 0 aromatic heterocycles. The first kappa shape index (κ1) is 14.9. The molecule has 5 nitrogen and oxygen atoms in total. The second-order valence-corrected chi connectivity index (χ2v) is 4.80. The van der Waals surface area contributed by atoms with Gasteiger partial charge in [0.2, 0.25) is 0 Å². The summed E-state index contributed by atoms with van der Waals surface area (Å²) in [4.78, 5) is 22.2. The van der Waals surface area contributed by atoms with E-state index in [0.29, 0.717) is 19.4 Å². The van der Waals surface area contributed by atoms with E-state index in [1.54, 1.807) is 20.8 Å². The molecule has 0 aromatic carbocycles. The van der Waals surface area contributed by atoms with Crippen LogP contribution in [0, 0.1) is 5.92 Å². The third-order valence-corrected chi connectivity index (χ3v) is 1.97. The third kappa shape index (κ3) is 7.23. The molecular formula is C11H21NO4. The van der Waals surface area contributed by atoms with E-state index < -0.39 is 23.5 Å². The fraction of sp³-hybridized carbons (Fsp3) is 0.818. The number of aliphatic carboxylic acids is 1. The van der Waals surface area contributed by atoms with Gasteiger partial charge in [0.25, 0.3) is 0 Å². The second-order valence-electron chi connectivity index (χ2n) is 4.80. The molecule has 5 heteroatoms. The van der Waals surface area contributed by atoms with Crippen LogP contribution in [0.1, 0.15) is 40.0 Å². The number of esters is 1. The first-order valence-corrected chi connectivity index (χ1v) is 5.48. The molecule has 0 spiro atoms. The fourth-order valence-corrected chi connectivity index (χ4v) is 1.28. The average Bonchev–Trinajstić information content (AvgIpc) is 2.08. The maximum absolute atomic E-state index is 11.4. The molecule has 0 saturated carbocycles. The highest BCUT2D eigenvalue weighted by Crippen LogP contribution is 2.15. The van der Waals surface area contributed by atoms with Crippen molar-refractivity contribution in [2.24, 2.45) is 5.92 Å². The topological polar surface area (TPSA) is 94.1 Å². The van der Waals surface area contributed by atoms with Crippen molar-refractivity contribution in [3.8, 4) is 0 Å². The zero-order valence-corrected chi connectivity index (χ0v) is 10.2. The van der Waals surface area contributed by atoms with E-state index in [1.807, 2.05) is 0 Å². The number of rotatable bonds is 6. The molecule has 0 saturated heterocycles. The smallest absolute Gasteiger partial charge is 0.306 e. The van der Waals surface area contributed by atoms with Gasteiger partial charge in [0.1, 0.15) is 5.60 Å². The van der Waals surface area contributed by atoms with Crippen molar-refractivity contribution in [1.82, 2.24) is 0 Å². The molecule has 0 unspecified atom stereocenters. The quantitative estimate of drug-likeness (QED) is 0.600. The van der Waals surface area contributed by atoms with Crippen molar-refractivity contribution < 1.29 is 25.2 Å². The predicted octanol–water partition coefficient (Wildman–Crippen LogP) is -0.894.